The Hall–Kier alpha value is -3.20. The summed E-state index contributed by atoms with van der Waals surface area (Å²) in [4.78, 5) is 67.2. The van der Waals surface area contributed by atoms with Gasteiger partial charge in [0.05, 0.1) is 11.1 Å². The van der Waals surface area contributed by atoms with Gasteiger partial charge in [0.1, 0.15) is 12.2 Å². The summed E-state index contributed by atoms with van der Waals surface area (Å²) in [7, 11) is 0. The van der Waals surface area contributed by atoms with Crippen molar-refractivity contribution in [1.82, 2.24) is 4.98 Å². The van der Waals surface area contributed by atoms with Crippen molar-refractivity contribution in [3.63, 3.8) is 0 Å². The molecule has 1 aromatic carbocycles. The van der Waals surface area contributed by atoms with E-state index in [0.717, 1.165) is 37.7 Å². The number of rotatable bonds is 9. The number of ketones is 5. The Morgan fingerprint density at radius 1 is 0.947 bits per heavy atom. The van der Waals surface area contributed by atoms with Gasteiger partial charge in [-0.3, -0.25) is 24.0 Å². The number of thiazole rings is 1. The Morgan fingerprint density at radius 2 is 1.50 bits per heavy atom. The lowest BCUT2D eigenvalue weighted by molar-refractivity contribution is -0.322. The highest BCUT2D eigenvalue weighted by Gasteiger charge is 2.79. The van der Waals surface area contributed by atoms with Crippen molar-refractivity contribution >= 4 is 45.4 Å². The fourth-order valence-corrected chi connectivity index (χ4v) is 5.32. The molecule has 204 valence electrons. The van der Waals surface area contributed by atoms with Crippen LogP contribution in [0.25, 0.3) is 0 Å². The molecule has 0 radical (unpaired) electrons. The van der Waals surface area contributed by atoms with E-state index in [0.29, 0.717) is 12.5 Å². The fraction of sp³-hybridized carbons (Fsp3) is 0.440. The maximum Gasteiger partial charge on any atom is 0.207 e. The predicted octanol–water partition coefficient (Wildman–Crippen LogP) is -0.270. The molecule has 12 nitrogen and oxygen atoms in total. The Kier molecular flexibility index (Phi) is 7.86. The number of aliphatic hydroxyl groups is 4. The molecule has 1 fully saturated rings. The third kappa shape index (κ3) is 4.30. The lowest BCUT2D eigenvalue weighted by atomic mass is 9.59. The zero-order valence-corrected chi connectivity index (χ0v) is 22.0. The van der Waals surface area contributed by atoms with Crippen molar-refractivity contribution in [2.24, 2.45) is 0 Å². The van der Waals surface area contributed by atoms with Crippen molar-refractivity contribution < 1.29 is 49.1 Å². The summed E-state index contributed by atoms with van der Waals surface area (Å²) in [6.45, 7) is 4.98. The summed E-state index contributed by atoms with van der Waals surface area (Å²) in [5.41, 5.74) is -9.01. The van der Waals surface area contributed by atoms with Crippen LogP contribution in [0.5, 0.6) is 0 Å². The highest BCUT2D eigenvalue weighted by atomic mass is 32.1. The smallest absolute Gasteiger partial charge is 0.207 e. The van der Waals surface area contributed by atoms with E-state index in [4.69, 9.17) is 4.74 Å². The maximum atomic E-state index is 12.8. The lowest BCUT2D eigenvalue weighted by Crippen LogP contribution is -2.88. The molecule has 0 aliphatic carbocycles. The summed E-state index contributed by atoms with van der Waals surface area (Å²) in [6.07, 6.45) is -5.47. The van der Waals surface area contributed by atoms with E-state index in [2.05, 4.69) is 10.3 Å². The molecular weight excluding hydrogens is 520 g/mol. The molecule has 0 spiro atoms. The average molecular weight is 549 g/mol. The van der Waals surface area contributed by atoms with Gasteiger partial charge in [-0.25, -0.2) is 4.98 Å². The van der Waals surface area contributed by atoms with E-state index in [9.17, 15) is 44.4 Å². The number of carbonyl (C=O) groups is 5. The number of aromatic nitrogens is 1. The molecule has 2 heterocycles. The van der Waals surface area contributed by atoms with Crippen LogP contribution in [0, 0.1) is 6.92 Å². The van der Waals surface area contributed by atoms with Crippen LogP contribution in [0.2, 0.25) is 0 Å². The summed E-state index contributed by atoms with van der Waals surface area (Å²) in [6, 6.07) is 6.73. The number of aryl methyl sites for hydroxylation is 1. The minimum atomic E-state index is -3.58. The number of benzene rings is 1. The highest BCUT2D eigenvalue weighted by Crippen LogP contribution is 2.47. The number of carbonyl (C=O) groups excluding carboxylic acids is 5. The van der Waals surface area contributed by atoms with Gasteiger partial charge in [0.15, 0.2) is 40.1 Å². The van der Waals surface area contributed by atoms with Crippen molar-refractivity contribution in [1.29, 1.82) is 0 Å². The van der Waals surface area contributed by atoms with Crippen LogP contribution >= 0.6 is 11.3 Å². The first-order valence-electron chi connectivity index (χ1n) is 11.4. The molecule has 0 bridgehead atoms. The second-order valence-corrected chi connectivity index (χ2v) is 10.3. The molecule has 0 amide bonds. The number of ether oxygens (including phenoxy) is 1. The SMILES string of the molecule is CC(=O)C(O)[C@H]1O[C@@H](Nc2ncc(C(=O)c3ccc(C)cc3)s2)[C@](O)(C(C)=O)[C@](O)(C(C)=O)[C@@]1(O)C(C)=O. The van der Waals surface area contributed by atoms with E-state index in [-0.39, 0.29) is 10.0 Å². The Balaban J connectivity index is 2.12. The van der Waals surface area contributed by atoms with Crippen LogP contribution in [0.15, 0.2) is 30.5 Å². The molecule has 1 aliphatic heterocycles. The van der Waals surface area contributed by atoms with Crippen molar-refractivity contribution in [2.75, 3.05) is 5.32 Å². The van der Waals surface area contributed by atoms with Crippen LogP contribution in [-0.4, -0.2) is 89.6 Å². The minimum Gasteiger partial charge on any atom is -0.382 e. The molecular formula is C25H28N2O10S. The van der Waals surface area contributed by atoms with Gasteiger partial charge in [-0.2, -0.15) is 0 Å². The molecule has 1 aromatic heterocycles. The molecule has 1 aliphatic rings. The van der Waals surface area contributed by atoms with Crippen LogP contribution in [0.3, 0.4) is 0 Å². The monoisotopic (exact) mass is 548 g/mol. The van der Waals surface area contributed by atoms with Gasteiger partial charge in [0, 0.05) is 5.56 Å². The summed E-state index contributed by atoms with van der Waals surface area (Å²) in [5, 5.41) is 47.3. The first-order valence-corrected chi connectivity index (χ1v) is 12.2. The number of Topliss-reactive ketones (excluding diaryl/α,β-unsaturated/α-hetero) is 4. The standard InChI is InChI=1S/C25H28N2O10S/c1-11-6-8-16(9-7-11)19(33)17-10-26-22(38-17)27-21-24(35,14(4)30)25(36,15(5)31)23(34,13(3)29)20(37-21)18(32)12(2)28/h6-10,18,20-21,32,34-36H,1-5H3,(H,26,27)/t18?,20-,21-,23-,24-,25+/m1/s1. The normalized spacial score (nSPS) is 29.8. The molecule has 2 aromatic rings. The van der Waals surface area contributed by atoms with E-state index in [1.165, 1.54) is 6.20 Å². The quantitative estimate of drug-likeness (QED) is 0.257. The number of nitrogens with one attached hydrogen (secondary N) is 1. The Morgan fingerprint density at radius 3 is 1.97 bits per heavy atom. The Bertz CT molecular complexity index is 1310. The number of aliphatic hydroxyl groups excluding tert-OH is 1. The number of anilines is 1. The second-order valence-electron chi connectivity index (χ2n) is 9.27. The van der Waals surface area contributed by atoms with Gasteiger partial charge in [-0.15, -0.1) is 0 Å². The Labute approximate surface area is 221 Å². The molecule has 1 unspecified atom stereocenters. The molecule has 3 rings (SSSR count). The first kappa shape index (κ1) is 29.4. The van der Waals surface area contributed by atoms with Crippen LogP contribution < -0.4 is 5.32 Å². The maximum absolute atomic E-state index is 12.8. The second kappa shape index (κ2) is 10.2. The van der Waals surface area contributed by atoms with E-state index >= 15 is 0 Å². The third-order valence-corrected chi connectivity index (χ3v) is 7.69. The molecule has 0 saturated carbocycles. The molecule has 13 heteroatoms. The van der Waals surface area contributed by atoms with Crippen LogP contribution in [0.1, 0.15) is 48.5 Å². The number of hydrogen-bond acceptors (Lipinski definition) is 13. The van der Waals surface area contributed by atoms with Crippen molar-refractivity contribution in [3.05, 3.63) is 46.5 Å². The zero-order valence-electron chi connectivity index (χ0n) is 21.2. The summed E-state index contributed by atoms with van der Waals surface area (Å²) >= 11 is 0.777. The summed E-state index contributed by atoms with van der Waals surface area (Å²) < 4.78 is 5.53. The molecule has 38 heavy (non-hydrogen) atoms. The zero-order chi connectivity index (χ0) is 28.8. The highest BCUT2D eigenvalue weighted by molar-refractivity contribution is 7.17. The van der Waals surface area contributed by atoms with Gasteiger partial charge in [0.25, 0.3) is 0 Å². The van der Waals surface area contributed by atoms with Crippen LogP contribution in [0.4, 0.5) is 5.13 Å². The van der Waals surface area contributed by atoms with E-state index in [1.807, 2.05) is 6.92 Å². The topological polar surface area (TPSA) is 200 Å². The predicted molar refractivity (Wildman–Crippen MR) is 133 cm³/mol. The van der Waals surface area contributed by atoms with Gasteiger partial charge in [0.2, 0.25) is 17.0 Å². The minimum absolute atomic E-state index is 0.125. The number of nitrogens with zero attached hydrogens (tertiary/aromatic N) is 1. The van der Waals surface area contributed by atoms with E-state index < -0.39 is 64.2 Å². The fourth-order valence-electron chi connectivity index (χ4n) is 4.52. The van der Waals surface area contributed by atoms with Gasteiger partial charge >= 0.3 is 0 Å². The largest absolute Gasteiger partial charge is 0.382 e. The van der Waals surface area contributed by atoms with Gasteiger partial charge < -0.3 is 30.5 Å². The molecule has 5 N–H and O–H groups in total. The van der Waals surface area contributed by atoms with Crippen molar-refractivity contribution in [3.8, 4) is 0 Å². The molecule has 6 atom stereocenters. The third-order valence-electron chi connectivity index (χ3n) is 6.76. The first-order chi connectivity index (χ1) is 17.5. The van der Waals surface area contributed by atoms with Gasteiger partial charge in [-0.1, -0.05) is 41.2 Å². The lowest BCUT2D eigenvalue weighted by Gasteiger charge is -2.58. The van der Waals surface area contributed by atoms with Crippen LogP contribution in [-0.2, 0) is 23.9 Å². The van der Waals surface area contributed by atoms with Crippen molar-refractivity contribution in [2.45, 2.75) is 69.9 Å². The number of hydrogen-bond donors (Lipinski definition) is 5. The molecule has 1 saturated heterocycles. The van der Waals surface area contributed by atoms with Gasteiger partial charge in [-0.05, 0) is 34.6 Å². The van der Waals surface area contributed by atoms with E-state index in [1.54, 1.807) is 24.3 Å². The average Bonchev–Trinajstić information content (AvgIpc) is 3.31. The summed E-state index contributed by atoms with van der Waals surface area (Å²) in [5.74, 6) is -5.47.